The molecule has 2 heterocycles. The number of hydrogen-bond acceptors (Lipinski definition) is 4. The van der Waals surface area contributed by atoms with Gasteiger partial charge in [0.05, 0.1) is 15.9 Å². The molecule has 0 aliphatic carbocycles. The van der Waals surface area contributed by atoms with Gasteiger partial charge in [-0.2, -0.15) is 4.31 Å². The lowest BCUT2D eigenvalue weighted by molar-refractivity contribution is 0.102. The van der Waals surface area contributed by atoms with Crippen LogP contribution in [0.2, 0.25) is 0 Å². The van der Waals surface area contributed by atoms with Gasteiger partial charge in [-0.15, -0.1) is 0 Å². The lowest BCUT2D eigenvalue weighted by atomic mass is 9.97. The normalized spacial score (nSPS) is 15.4. The van der Waals surface area contributed by atoms with Crippen LogP contribution >= 0.6 is 0 Å². The number of nitrogens with one attached hydrogen (secondary N) is 2. The van der Waals surface area contributed by atoms with Crippen molar-refractivity contribution in [3.8, 4) is 0 Å². The van der Waals surface area contributed by atoms with Crippen LogP contribution < -0.4 is 5.32 Å². The Morgan fingerprint density at radius 3 is 2.37 bits per heavy atom. The zero-order valence-electron chi connectivity index (χ0n) is 19.8. The van der Waals surface area contributed by atoms with Crippen molar-refractivity contribution in [2.24, 2.45) is 0 Å². The minimum absolute atomic E-state index is 0.205. The molecule has 4 aromatic rings. The molecule has 5 rings (SSSR count). The number of para-hydroxylation sites is 2. The second-order valence-electron chi connectivity index (χ2n) is 9.10. The fraction of sp³-hybridized carbons (Fsp3) is 0.259. The lowest BCUT2D eigenvalue weighted by Gasteiger charge is -2.30. The van der Waals surface area contributed by atoms with Crippen molar-refractivity contribution in [3.63, 3.8) is 0 Å². The number of amides is 1. The molecule has 1 aliphatic rings. The monoisotopic (exact) mass is 488 g/mol. The van der Waals surface area contributed by atoms with E-state index in [-0.39, 0.29) is 16.7 Å². The molecule has 0 spiro atoms. The second kappa shape index (κ2) is 9.28. The Hall–Kier alpha value is -3.49. The van der Waals surface area contributed by atoms with E-state index >= 15 is 0 Å². The Balaban J connectivity index is 1.23. The van der Waals surface area contributed by atoms with E-state index in [4.69, 9.17) is 0 Å². The van der Waals surface area contributed by atoms with Gasteiger partial charge in [0.1, 0.15) is 5.82 Å². The van der Waals surface area contributed by atoms with Crippen molar-refractivity contribution in [1.29, 1.82) is 0 Å². The molecule has 8 heteroatoms. The van der Waals surface area contributed by atoms with E-state index in [0.29, 0.717) is 37.2 Å². The van der Waals surface area contributed by atoms with Crippen LogP contribution in [-0.4, -0.2) is 41.7 Å². The zero-order valence-corrected chi connectivity index (χ0v) is 20.6. The minimum atomic E-state index is -3.61. The maximum atomic E-state index is 13.2. The summed E-state index contributed by atoms with van der Waals surface area (Å²) < 4.78 is 28.0. The Morgan fingerprint density at radius 1 is 0.971 bits per heavy atom. The highest BCUT2D eigenvalue weighted by Gasteiger charge is 2.31. The van der Waals surface area contributed by atoms with Gasteiger partial charge in [0, 0.05) is 30.3 Å². The van der Waals surface area contributed by atoms with Crippen LogP contribution in [-0.2, 0) is 10.0 Å². The van der Waals surface area contributed by atoms with Crippen LogP contribution in [0.5, 0.6) is 0 Å². The third kappa shape index (κ3) is 4.72. The number of benzene rings is 3. The van der Waals surface area contributed by atoms with Gasteiger partial charge in [0.2, 0.25) is 10.0 Å². The average molecular weight is 489 g/mol. The number of piperidine rings is 1. The first-order chi connectivity index (χ1) is 16.8. The Kier molecular flexibility index (Phi) is 6.17. The van der Waals surface area contributed by atoms with Gasteiger partial charge >= 0.3 is 0 Å². The van der Waals surface area contributed by atoms with Gasteiger partial charge in [-0.25, -0.2) is 13.4 Å². The fourth-order valence-electron chi connectivity index (χ4n) is 4.48. The standard InChI is InChI=1S/C27H28N4O3S/c1-18-7-8-21(17-19(18)2)27(32)28-22-9-11-23(12-10-22)35(33,34)31-15-13-20(14-16-31)26-29-24-5-3-4-6-25(24)30-26/h3-12,17,20H,13-16H2,1-2H3,(H,28,32)(H,29,30). The molecule has 1 aliphatic heterocycles. The largest absolute Gasteiger partial charge is 0.342 e. The van der Waals surface area contributed by atoms with Crippen LogP contribution in [0.4, 0.5) is 5.69 Å². The SMILES string of the molecule is Cc1ccc(C(=O)Nc2ccc(S(=O)(=O)N3CCC(c4nc5ccccc5[nH]4)CC3)cc2)cc1C. The first kappa shape index (κ1) is 23.3. The molecule has 0 saturated carbocycles. The number of aryl methyl sites for hydroxylation is 2. The number of aromatic amines is 1. The zero-order chi connectivity index (χ0) is 24.6. The molecule has 3 aromatic carbocycles. The molecule has 0 atom stereocenters. The lowest BCUT2D eigenvalue weighted by Crippen LogP contribution is -2.38. The molecule has 180 valence electrons. The summed E-state index contributed by atoms with van der Waals surface area (Å²) in [7, 11) is -3.61. The molecule has 1 fully saturated rings. The van der Waals surface area contributed by atoms with Gasteiger partial charge in [-0.1, -0.05) is 18.2 Å². The summed E-state index contributed by atoms with van der Waals surface area (Å²) in [5.41, 5.74) is 5.22. The topological polar surface area (TPSA) is 95.2 Å². The van der Waals surface area contributed by atoms with Crippen molar-refractivity contribution in [2.45, 2.75) is 37.5 Å². The summed E-state index contributed by atoms with van der Waals surface area (Å²) >= 11 is 0. The van der Waals surface area contributed by atoms with Gasteiger partial charge < -0.3 is 10.3 Å². The number of hydrogen-bond donors (Lipinski definition) is 2. The molecule has 2 N–H and O–H groups in total. The first-order valence-corrected chi connectivity index (χ1v) is 13.2. The number of anilines is 1. The molecule has 1 aromatic heterocycles. The number of H-pyrrole nitrogens is 1. The van der Waals surface area contributed by atoms with E-state index in [9.17, 15) is 13.2 Å². The number of imidazole rings is 1. The van der Waals surface area contributed by atoms with Crippen molar-refractivity contribution >= 4 is 32.7 Å². The second-order valence-corrected chi connectivity index (χ2v) is 11.0. The third-order valence-electron chi connectivity index (χ3n) is 6.77. The number of sulfonamides is 1. The van der Waals surface area contributed by atoms with Crippen LogP contribution in [0.15, 0.2) is 71.6 Å². The van der Waals surface area contributed by atoms with Gasteiger partial charge in [-0.05, 0) is 86.3 Å². The Bertz CT molecular complexity index is 1450. The molecule has 7 nitrogen and oxygen atoms in total. The highest BCUT2D eigenvalue weighted by atomic mass is 32.2. The first-order valence-electron chi connectivity index (χ1n) is 11.7. The molecular weight excluding hydrogens is 460 g/mol. The maximum Gasteiger partial charge on any atom is 0.255 e. The minimum Gasteiger partial charge on any atom is -0.342 e. The van der Waals surface area contributed by atoms with Crippen molar-refractivity contribution in [3.05, 3.63) is 89.2 Å². The third-order valence-corrected chi connectivity index (χ3v) is 8.68. The van der Waals surface area contributed by atoms with E-state index in [2.05, 4.69) is 15.3 Å². The van der Waals surface area contributed by atoms with Crippen LogP contribution in [0, 0.1) is 13.8 Å². The van der Waals surface area contributed by atoms with Crippen molar-refractivity contribution in [1.82, 2.24) is 14.3 Å². The predicted molar refractivity (Wildman–Crippen MR) is 137 cm³/mol. The molecule has 0 unspecified atom stereocenters. The van der Waals surface area contributed by atoms with E-state index in [1.807, 2.05) is 50.2 Å². The van der Waals surface area contributed by atoms with E-state index in [1.165, 1.54) is 4.31 Å². The Morgan fingerprint density at radius 2 is 1.69 bits per heavy atom. The van der Waals surface area contributed by atoms with E-state index in [0.717, 1.165) is 28.0 Å². The van der Waals surface area contributed by atoms with Crippen LogP contribution in [0.1, 0.15) is 46.1 Å². The summed E-state index contributed by atoms with van der Waals surface area (Å²) in [4.78, 5) is 20.9. The summed E-state index contributed by atoms with van der Waals surface area (Å²) in [6, 6.07) is 19.8. The van der Waals surface area contributed by atoms with Gasteiger partial charge in [0.15, 0.2) is 0 Å². The number of carbonyl (C=O) groups excluding carboxylic acids is 1. The van der Waals surface area contributed by atoms with E-state index in [1.54, 1.807) is 30.3 Å². The number of fused-ring (bicyclic) bond motifs is 1. The fourth-order valence-corrected chi connectivity index (χ4v) is 5.95. The summed E-state index contributed by atoms with van der Waals surface area (Å²) in [6.45, 7) is 4.84. The number of aromatic nitrogens is 2. The predicted octanol–water partition coefficient (Wildman–Crippen LogP) is 5.00. The van der Waals surface area contributed by atoms with Crippen molar-refractivity contribution in [2.75, 3.05) is 18.4 Å². The summed E-state index contributed by atoms with van der Waals surface area (Å²) in [6.07, 6.45) is 1.42. The molecular formula is C27H28N4O3S. The van der Waals surface area contributed by atoms with E-state index < -0.39 is 10.0 Å². The highest BCUT2D eigenvalue weighted by molar-refractivity contribution is 7.89. The van der Waals surface area contributed by atoms with Crippen LogP contribution in [0.3, 0.4) is 0 Å². The summed E-state index contributed by atoms with van der Waals surface area (Å²) in [5.74, 6) is 0.903. The molecule has 35 heavy (non-hydrogen) atoms. The molecule has 0 radical (unpaired) electrons. The van der Waals surface area contributed by atoms with Crippen LogP contribution in [0.25, 0.3) is 11.0 Å². The quantitative estimate of drug-likeness (QED) is 0.413. The smallest absolute Gasteiger partial charge is 0.255 e. The van der Waals surface area contributed by atoms with Gasteiger partial charge in [-0.3, -0.25) is 4.79 Å². The molecule has 0 bridgehead atoms. The summed E-state index contributed by atoms with van der Waals surface area (Å²) in [5, 5.41) is 2.84. The molecule has 1 amide bonds. The average Bonchev–Trinajstić information content (AvgIpc) is 3.30. The molecule has 1 saturated heterocycles. The Labute approximate surface area is 205 Å². The number of nitrogens with zero attached hydrogens (tertiary/aromatic N) is 2. The van der Waals surface area contributed by atoms with Gasteiger partial charge in [0.25, 0.3) is 5.91 Å². The highest BCUT2D eigenvalue weighted by Crippen LogP contribution is 2.30. The van der Waals surface area contributed by atoms with Crippen molar-refractivity contribution < 1.29 is 13.2 Å². The number of rotatable bonds is 5. The number of carbonyl (C=O) groups is 1. The maximum absolute atomic E-state index is 13.2.